The van der Waals surface area contributed by atoms with Gasteiger partial charge in [-0.15, -0.1) is 11.8 Å². The smallest absolute Gasteiger partial charge is 0.0603 e. The van der Waals surface area contributed by atoms with Crippen LogP contribution in [0.5, 0.6) is 0 Å². The zero-order valence-corrected chi connectivity index (χ0v) is 9.59. The molecule has 0 radical (unpaired) electrons. The second-order valence-corrected chi connectivity index (χ2v) is 5.07. The molecule has 0 bridgehead atoms. The minimum atomic E-state index is 0.400. The minimum absolute atomic E-state index is 0.400. The highest BCUT2D eigenvalue weighted by Gasteiger charge is 2.04. The van der Waals surface area contributed by atoms with Crippen LogP contribution in [0.15, 0.2) is 23.1 Å². The van der Waals surface area contributed by atoms with E-state index in [1.807, 2.05) is 12.1 Å². The molecule has 0 heterocycles. The van der Waals surface area contributed by atoms with Gasteiger partial charge in [-0.25, -0.2) is 0 Å². The number of thioether (sulfide) groups is 1. The Balaban J connectivity index is 2.73. The first-order valence-corrected chi connectivity index (χ1v) is 5.59. The highest BCUT2D eigenvalue weighted by molar-refractivity contribution is 8.00. The van der Waals surface area contributed by atoms with Crippen molar-refractivity contribution in [2.24, 2.45) is 5.73 Å². The zero-order chi connectivity index (χ0) is 9.84. The van der Waals surface area contributed by atoms with Crippen molar-refractivity contribution in [1.82, 2.24) is 0 Å². The highest BCUT2D eigenvalue weighted by Crippen LogP contribution is 2.29. The lowest BCUT2D eigenvalue weighted by molar-refractivity contribution is 0.951. The molecule has 0 amide bonds. The molecule has 1 nitrogen and oxygen atoms in total. The van der Waals surface area contributed by atoms with E-state index >= 15 is 0 Å². The molecule has 0 aliphatic carbocycles. The van der Waals surface area contributed by atoms with Crippen LogP contribution in [0.3, 0.4) is 0 Å². The monoisotopic (exact) mass is 235 g/mol. The van der Waals surface area contributed by atoms with Crippen LogP contribution in [0.2, 0.25) is 10.0 Å². The van der Waals surface area contributed by atoms with Gasteiger partial charge in [0.1, 0.15) is 0 Å². The molecule has 0 spiro atoms. The van der Waals surface area contributed by atoms with E-state index in [0.29, 0.717) is 21.8 Å². The molecule has 13 heavy (non-hydrogen) atoms. The van der Waals surface area contributed by atoms with Crippen LogP contribution in [-0.2, 0) is 0 Å². The molecule has 1 atom stereocenters. The van der Waals surface area contributed by atoms with E-state index < -0.39 is 0 Å². The summed E-state index contributed by atoms with van der Waals surface area (Å²) in [4.78, 5) is 1.10. The van der Waals surface area contributed by atoms with Crippen molar-refractivity contribution in [1.29, 1.82) is 0 Å². The summed E-state index contributed by atoms with van der Waals surface area (Å²) in [5.41, 5.74) is 5.51. The Kier molecular flexibility index (Phi) is 4.39. The third kappa shape index (κ3) is 3.39. The molecule has 0 aromatic heterocycles. The maximum atomic E-state index is 5.86. The van der Waals surface area contributed by atoms with Crippen LogP contribution < -0.4 is 5.73 Å². The number of nitrogens with two attached hydrogens (primary N) is 1. The van der Waals surface area contributed by atoms with E-state index in [-0.39, 0.29) is 0 Å². The van der Waals surface area contributed by atoms with Gasteiger partial charge in [0.15, 0.2) is 0 Å². The molecule has 1 aromatic carbocycles. The molecule has 1 aromatic rings. The van der Waals surface area contributed by atoms with Crippen molar-refractivity contribution in [2.75, 3.05) is 6.54 Å². The quantitative estimate of drug-likeness (QED) is 0.813. The molecule has 1 rings (SSSR count). The Bertz CT molecular complexity index is 291. The number of hydrogen-bond acceptors (Lipinski definition) is 2. The first-order chi connectivity index (χ1) is 6.13. The van der Waals surface area contributed by atoms with Crippen molar-refractivity contribution in [3.63, 3.8) is 0 Å². The molecule has 4 heteroatoms. The zero-order valence-electron chi connectivity index (χ0n) is 7.26. The summed E-state index contributed by atoms with van der Waals surface area (Å²) < 4.78 is 0. The number of hydrogen-bond donors (Lipinski definition) is 1. The molecule has 0 saturated heterocycles. The van der Waals surface area contributed by atoms with Gasteiger partial charge in [-0.1, -0.05) is 30.1 Å². The van der Waals surface area contributed by atoms with Crippen molar-refractivity contribution < 1.29 is 0 Å². The minimum Gasteiger partial charge on any atom is -0.329 e. The van der Waals surface area contributed by atoms with Gasteiger partial charge >= 0.3 is 0 Å². The summed E-state index contributed by atoms with van der Waals surface area (Å²) in [5, 5.41) is 1.58. The Morgan fingerprint density at radius 1 is 1.38 bits per heavy atom. The molecule has 1 unspecified atom stereocenters. The largest absolute Gasteiger partial charge is 0.329 e. The van der Waals surface area contributed by atoms with E-state index in [1.54, 1.807) is 17.8 Å². The maximum Gasteiger partial charge on any atom is 0.0603 e. The van der Waals surface area contributed by atoms with Crippen molar-refractivity contribution in [2.45, 2.75) is 17.1 Å². The number of rotatable bonds is 3. The topological polar surface area (TPSA) is 26.0 Å². The fourth-order valence-corrected chi connectivity index (χ4v) is 2.09. The van der Waals surface area contributed by atoms with Crippen LogP contribution in [0.25, 0.3) is 0 Å². The predicted molar refractivity (Wildman–Crippen MR) is 60.8 cm³/mol. The van der Waals surface area contributed by atoms with E-state index in [0.717, 1.165) is 4.90 Å². The summed E-state index contributed by atoms with van der Waals surface area (Å²) in [7, 11) is 0. The van der Waals surface area contributed by atoms with Crippen molar-refractivity contribution in [3.8, 4) is 0 Å². The van der Waals surface area contributed by atoms with Crippen molar-refractivity contribution in [3.05, 3.63) is 28.2 Å². The Morgan fingerprint density at radius 3 is 2.62 bits per heavy atom. The lowest BCUT2D eigenvalue weighted by Crippen LogP contribution is -2.12. The van der Waals surface area contributed by atoms with Crippen LogP contribution in [0.4, 0.5) is 0 Å². The Labute approximate surface area is 92.6 Å². The third-order valence-corrected chi connectivity index (χ3v) is 3.42. The van der Waals surface area contributed by atoms with E-state index in [2.05, 4.69) is 6.92 Å². The predicted octanol–water partition coefficient (Wildman–Crippen LogP) is 3.43. The lowest BCUT2D eigenvalue weighted by atomic mass is 10.4. The second-order valence-electron chi connectivity index (χ2n) is 2.74. The van der Waals surface area contributed by atoms with E-state index in [4.69, 9.17) is 28.9 Å². The fraction of sp³-hybridized carbons (Fsp3) is 0.333. The summed E-state index contributed by atoms with van der Waals surface area (Å²) in [6.07, 6.45) is 0. The molecule has 2 N–H and O–H groups in total. The number of halogens is 2. The molecule has 0 fully saturated rings. The van der Waals surface area contributed by atoms with Crippen LogP contribution in [0.1, 0.15) is 6.92 Å². The Hall–Kier alpha value is 0.110. The fourth-order valence-electron chi connectivity index (χ4n) is 0.831. The molecular weight excluding hydrogens is 225 g/mol. The first-order valence-electron chi connectivity index (χ1n) is 3.95. The highest BCUT2D eigenvalue weighted by atomic mass is 35.5. The molecule has 0 aliphatic rings. The molecular formula is C9H11Cl2NS. The standard InChI is InChI=1S/C9H11Cl2NS/c1-6(5-12)13-7-2-3-8(10)9(11)4-7/h2-4,6H,5,12H2,1H3. The molecule has 72 valence electrons. The van der Waals surface area contributed by atoms with E-state index in [9.17, 15) is 0 Å². The van der Waals surface area contributed by atoms with Gasteiger partial charge < -0.3 is 5.73 Å². The van der Waals surface area contributed by atoms with Gasteiger partial charge in [0, 0.05) is 16.7 Å². The van der Waals surface area contributed by atoms with Crippen molar-refractivity contribution >= 4 is 35.0 Å². The Morgan fingerprint density at radius 2 is 2.08 bits per heavy atom. The number of benzene rings is 1. The van der Waals surface area contributed by atoms with Gasteiger partial charge in [0.2, 0.25) is 0 Å². The average Bonchev–Trinajstić information content (AvgIpc) is 2.11. The van der Waals surface area contributed by atoms with Gasteiger partial charge in [-0.2, -0.15) is 0 Å². The maximum absolute atomic E-state index is 5.86. The van der Waals surface area contributed by atoms with Crippen LogP contribution in [-0.4, -0.2) is 11.8 Å². The van der Waals surface area contributed by atoms with E-state index in [1.165, 1.54) is 0 Å². The molecule has 0 aliphatic heterocycles. The first kappa shape index (κ1) is 11.2. The summed E-state index contributed by atoms with van der Waals surface area (Å²) in [5.74, 6) is 0. The lowest BCUT2D eigenvalue weighted by Gasteiger charge is -2.08. The SMILES string of the molecule is CC(CN)Sc1ccc(Cl)c(Cl)c1. The third-order valence-electron chi connectivity index (χ3n) is 1.56. The summed E-state index contributed by atoms with van der Waals surface area (Å²) >= 11 is 13.3. The second kappa shape index (κ2) is 5.11. The van der Waals surface area contributed by atoms with Gasteiger partial charge in [0.05, 0.1) is 10.0 Å². The van der Waals surface area contributed by atoms with Gasteiger partial charge in [-0.05, 0) is 18.2 Å². The van der Waals surface area contributed by atoms with Gasteiger partial charge in [-0.3, -0.25) is 0 Å². The average molecular weight is 236 g/mol. The summed E-state index contributed by atoms with van der Waals surface area (Å²) in [6.45, 7) is 2.73. The molecule has 0 saturated carbocycles. The summed E-state index contributed by atoms with van der Waals surface area (Å²) in [6, 6.07) is 5.61. The van der Waals surface area contributed by atoms with Crippen LogP contribution in [0, 0.1) is 0 Å². The normalized spacial score (nSPS) is 12.9. The van der Waals surface area contributed by atoms with Crippen LogP contribution >= 0.6 is 35.0 Å². The van der Waals surface area contributed by atoms with Gasteiger partial charge in [0.25, 0.3) is 0 Å².